The Bertz CT molecular complexity index is 590. The molecule has 0 aliphatic rings. The van der Waals surface area contributed by atoms with Crippen LogP contribution in [0.25, 0.3) is 0 Å². The van der Waals surface area contributed by atoms with E-state index >= 15 is 0 Å². The second-order valence-electron chi connectivity index (χ2n) is 4.88. The van der Waals surface area contributed by atoms with Crippen LogP contribution in [0, 0.1) is 11.6 Å². The molecular weight excluding hydrogens is 294 g/mol. The second-order valence-corrected chi connectivity index (χ2v) is 5.29. The Morgan fingerprint density at radius 2 is 1.81 bits per heavy atom. The predicted molar refractivity (Wildman–Crippen MR) is 80.8 cm³/mol. The van der Waals surface area contributed by atoms with E-state index in [9.17, 15) is 8.78 Å². The molecular formula is C16H17ClF2N2. The van der Waals surface area contributed by atoms with E-state index in [2.05, 4.69) is 5.43 Å². The van der Waals surface area contributed by atoms with Crippen molar-refractivity contribution < 1.29 is 8.78 Å². The van der Waals surface area contributed by atoms with Crippen molar-refractivity contribution in [1.82, 2.24) is 5.43 Å². The van der Waals surface area contributed by atoms with Crippen LogP contribution in [-0.2, 0) is 6.42 Å². The van der Waals surface area contributed by atoms with Crippen LogP contribution < -0.4 is 11.3 Å². The number of hydrazine groups is 1. The van der Waals surface area contributed by atoms with Crippen molar-refractivity contribution in [1.29, 1.82) is 0 Å². The third-order valence-corrected chi connectivity index (χ3v) is 3.71. The lowest BCUT2D eigenvalue weighted by molar-refractivity contribution is 0.468. The molecule has 0 amide bonds. The van der Waals surface area contributed by atoms with Crippen LogP contribution in [0.15, 0.2) is 42.5 Å². The third kappa shape index (κ3) is 4.24. The summed E-state index contributed by atoms with van der Waals surface area (Å²) < 4.78 is 27.3. The molecule has 0 aromatic heterocycles. The lowest BCUT2D eigenvalue weighted by Crippen LogP contribution is -2.29. The molecule has 0 bridgehead atoms. The Morgan fingerprint density at radius 1 is 1.10 bits per heavy atom. The van der Waals surface area contributed by atoms with Gasteiger partial charge in [-0.1, -0.05) is 41.9 Å². The van der Waals surface area contributed by atoms with Gasteiger partial charge in [0.15, 0.2) is 0 Å². The maximum absolute atomic E-state index is 13.9. The first kappa shape index (κ1) is 15.9. The van der Waals surface area contributed by atoms with Gasteiger partial charge in [-0.3, -0.25) is 11.3 Å². The summed E-state index contributed by atoms with van der Waals surface area (Å²) in [6, 6.07) is 11.6. The van der Waals surface area contributed by atoms with Gasteiger partial charge in [-0.15, -0.1) is 0 Å². The predicted octanol–water partition coefficient (Wildman–Crippen LogP) is 4.15. The van der Waals surface area contributed by atoms with Crippen LogP contribution >= 0.6 is 11.6 Å². The summed E-state index contributed by atoms with van der Waals surface area (Å²) in [5.74, 6) is 4.28. The van der Waals surface area contributed by atoms with Crippen LogP contribution in [0.1, 0.15) is 30.0 Å². The Balaban J connectivity index is 2.02. The molecule has 1 unspecified atom stereocenters. The smallest absolute Gasteiger partial charge is 0.142 e. The van der Waals surface area contributed by atoms with Gasteiger partial charge in [-0.05, 0) is 37.0 Å². The lowest BCUT2D eigenvalue weighted by atomic mass is 9.99. The number of benzene rings is 2. The zero-order valence-corrected chi connectivity index (χ0v) is 12.2. The minimum Gasteiger partial charge on any atom is -0.271 e. The van der Waals surface area contributed by atoms with Gasteiger partial charge < -0.3 is 0 Å². The molecule has 112 valence electrons. The zero-order chi connectivity index (χ0) is 15.2. The van der Waals surface area contributed by atoms with E-state index in [1.807, 2.05) is 30.3 Å². The zero-order valence-electron chi connectivity index (χ0n) is 11.5. The summed E-state index contributed by atoms with van der Waals surface area (Å²) in [5.41, 5.74) is 3.95. The molecule has 0 spiro atoms. The van der Waals surface area contributed by atoms with Crippen LogP contribution in [0.4, 0.5) is 8.78 Å². The van der Waals surface area contributed by atoms with Crippen LogP contribution in [0.3, 0.4) is 0 Å². The number of halogens is 3. The van der Waals surface area contributed by atoms with E-state index < -0.39 is 17.7 Å². The fraction of sp³-hybridized carbons (Fsp3) is 0.250. The van der Waals surface area contributed by atoms with E-state index in [0.717, 1.165) is 25.0 Å². The molecule has 2 aromatic carbocycles. The summed E-state index contributed by atoms with van der Waals surface area (Å²) in [4.78, 5) is 0. The Kier molecular flexibility index (Phi) is 5.67. The molecule has 1 atom stereocenters. The normalized spacial score (nSPS) is 12.4. The maximum Gasteiger partial charge on any atom is 0.142 e. The average Bonchev–Trinajstić information content (AvgIpc) is 2.49. The van der Waals surface area contributed by atoms with E-state index in [4.69, 9.17) is 17.4 Å². The van der Waals surface area contributed by atoms with Crippen molar-refractivity contribution >= 4 is 11.6 Å². The first-order valence-corrected chi connectivity index (χ1v) is 7.14. The monoisotopic (exact) mass is 310 g/mol. The first-order valence-electron chi connectivity index (χ1n) is 6.76. The van der Waals surface area contributed by atoms with Gasteiger partial charge in [0, 0.05) is 11.6 Å². The molecule has 21 heavy (non-hydrogen) atoms. The summed E-state index contributed by atoms with van der Waals surface area (Å²) in [6.45, 7) is 0. The summed E-state index contributed by atoms with van der Waals surface area (Å²) in [6.07, 6.45) is 2.27. The van der Waals surface area contributed by atoms with Crippen molar-refractivity contribution in [3.05, 3.63) is 70.2 Å². The molecule has 0 heterocycles. The molecule has 0 aliphatic carbocycles. The van der Waals surface area contributed by atoms with Gasteiger partial charge in [-0.25, -0.2) is 8.78 Å². The van der Waals surface area contributed by atoms with Crippen molar-refractivity contribution in [2.45, 2.75) is 25.3 Å². The fourth-order valence-electron chi connectivity index (χ4n) is 2.29. The maximum atomic E-state index is 13.9. The molecule has 0 radical (unpaired) electrons. The third-order valence-electron chi connectivity index (χ3n) is 3.42. The van der Waals surface area contributed by atoms with Gasteiger partial charge in [0.1, 0.15) is 11.6 Å². The topological polar surface area (TPSA) is 38.0 Å². The molecule has 2 aromatic rings. The number of nitrogens with one attached hydrogen (secondary N) is 1. The summed E-state index contributed by atoms with van der Waals surface area (Å²) in [5, 5.41) is -0.226. The largest absolute Gasteiger partial charge is 0.271 e. The SMILES string of the molecule is NNC(CCCc1ccccc1)c1cc(F)c(Cl)cc1F. The number of nitrogens with two attached hydrogens (primary N) is 1. The highest BCUT2D eigenvalue weighted by Gasteiger charge is 2.17. The summed E-state index contributed by atoms with van der Waals surface area (Å²) in [7, 11) is 0. The van der Waals surface area contributed by atoms with Gasteiger partial charge >= 0.3 is 0 Å². The highest BCUT2D eigenvalue weighted by atomic mass is 35.5. The molecule has 5 heteroatoms. The quantitative estimate of drug-likeness (QED) is 0.478. The molecule has 0 saturated carbocycles. The van der Waals surface area contributed by atoms with E-state index in [-0.39, 0.29) is 10.6 Å². The van der Waals surface area contributed by atoms with Crippen molar-refractivity contribution in [2.75, 3.05) is 0 Å². The van der Waals surface area contributed by atoms with E-state index in [1.165, 1.54) is 5.56 Å². The Labute approximate surface area is 127 Å². The highest BCUT2D eigenvalue weighted by Crippen LogP contribution is 2.26. The van der Waals surface area contributed by atoms with Crippen LogP contribution in [-0.4, -0.2) is 0 Å². The van der Waals surface area contributed by atoms with Gasteiger partial charge in [-0.2, -0.15) is 0 Å². The molecule has 2 nitrogen and oxygen atoms in total. The molecule has 2 rings (SSSR count). The highest BCUT2D eigenvalue weighted by molar-refractivity contribution is 6.30. The van der Waals surface area contributed by atoms with Crippen molar-refractivity contribution in [3.63, 3.8) is 0 Å². The minimum absolute atomic E-state index is 0.201. The Hall–Kier alpha value is -1.49. The number of rotatable bonds is 6. The number of hydrogen-bond acceptors (Lipinski definition) is 2. The molecule has 0 aliphatic heterocycles. The van der Waals surface area contributed by atoms with E-state index in [1.54, 1.807) is 0 Å². The van der Waals surface area contributed by atoms with E-state index in [0.29, 0.717) is 6.42 Å². The van der Waals surface area contributed by atoms with Crippen LogP contribution in [0.5, 0.6) is 0 Å². The first-order chi connectivity index (χ1) is 10.1. The average molecular weight is 311 g/mol. The number of aryl methyl sites for hydroxylation is 1. The van der Waals surface area contributed by atoms with Crippen molar-refractivity contribution in [3.8, 4) is 0 Å². The molecule has 3 N–H and O–H groups in total. The van der Waals surface area contributed by atoms with Gasteiger partial charge in [0.2, 0.25) is 0 Å². The van der Waals surface area contributed by atoms with Crippen LogP contribution in [0.2, 0.25) is 5.02 Å². The Morgan fingerprint density at radius 3 is 2.48 bits per heavy atom. The fourth-order valence-corrected chi connectivity index (χ4v) is 2.44. The molecule has 0 saturated heterocycles. The lowest BCUT2D eigenvalue weighted by Gasteiger charge is -2.17. The van der Waals surface area contributed by atoms with Gasteiger partial charge in [0.05, 0.1) is 5.02 Å². The number of hydrogen-bond donors (Lipinski definition) is 2. The minimum atomic E-state index is -0.642. The standard InChI is InChI=1S/C16H17ClF2N2/c17-13-10-14(18)12(9-15(13)19)16(21-20)8-4-7-11-5-2-1-3-6-11/h1-3,5-6,9-10,16,21H,4,7-8,20H2. The van der Waals surface area contributed by atoms with Crippen molar-refractivity contribution in [2.24, 2.45) is 5.84 Å². The molecule has 0 fully saturated rings. The van der Waals surface area contributed by atoms with Gasteiger partial charge in [0.25, 0.3) is 0 Å². The summed E-state index contributed by atoms with van der Waals surface area (Å²) >= 11 is 5.55. The second kappa shape index (κ2) is 7.50.